The number of nitrogens with zero attached hydrogens (tertiary/aromatic N) is 4. The molecule has 3 rings (SSSR count). The van der Waals surface area contributed by atoms with Crippen molar-refractivity contribution in [3.63, 3.8) is 0 Å². The lowest BCUT2D eigenvalue weighted by atomic mass is 10.1. The molecule has 0 aliphatic carbocycles. The Labute approximate surface area is 169 Å². The Kier molecular flexibility index (Phi) is 6.67. The highest BCUT2D eigenvalue weighted by atomic mass is 35.5. The molecule has 2 aromatic rings. The molecule has 1 aliphatic heterocycles. The van der Waals surface area contributed by atoms with Crippen LogP contribution in [0.3, 0.4) is 0 Å². The molecule has 1 saturated heterocycles. The van der Waals surface area contributed by atoms with Crippen LogP contribution < -0.4 is 9.64 Å². The predicted molar refractivity (Wildman–Crippen MR) is 106 cm³/mol. The van der Waals surface area contributed by atoms with Crippen molar-refractivity contribution in [2.45, 2.75) is 39.2 Å². The minimum atomic E-state index is -0.430. The Morgan fingerprint density at radius 2 is 2.14 bits per heavy atom. The number of halogens is 2. The first-order chi connectivity index (χ1) is 13.5. The number of anilines is 1. The number of hydrogen-bond donors (Lipinski definition) is 0. The lowest BCUT2D eigenvalue weighted by Crippen LogP contribution is -2.54. The number of carbonyl (C=O) groups excluding carboxylic acids is 1. The quantitative estimate of drug-likeness (QED) is 0.716. The fourth-order valence-electron chi connectivity index (χ4n) is 3.24. The van der Waals surface area contributed by atoms with E-state index >= 15 is 0 Å². The molecule has 150 valence electrons. The normalized spacial score (nSPS) is 16.9. The van der Waals surface area contributed by atoms with Crippen LogP contribution in [-0.4, -0.2) is 46.5 Å². The summed E-state index contributed by atoms with van der Waals surface area (Å²) in [7, 11) is 0. The van der Waals surface area contributed by atoms with Gasteiger partial charge in [0, 0.05) is 38.2 Å². The molecule has 0 spiro atoms. The van der Waals surface area contributed by atoms with Crippen LogP contribution in [0.5, 0.6) is 11.6 Å². The number of amides is 1. The molecule has 28 heavy (non-hydrogen) atoms. The lowest BCUT2D eigenvalue weighted by molar-refractivity contribution is -0.133. The first-order valence-electron chi connectivity index (χ1n) is 9.47. The van der Waals surface area contributed by atoms with Gasteiger partial charge >= 0.3 is 0 Å². The topological polar surface area (TPSA) is 58.6 Å². The second-order valence-corrected chi connectivity index (χ2v) is 7.28. The van der Waals surface area contributed by atoms with Gasteiger partial charge in [0.25, 0.3) is 0 Å². The molecule has 6 nitrogen and oxygen atoms in total. The zero-order valence-electron chi connectivity index (χ0n) is 16.1. The number of benzene rings is 1. The van der Waals surface area contributed by atoms with Crippen LogP contribution in [0.1, 0.15) is 33.1 Å². The average Bonchev–Trinajstić information content (AvgIpc) is 2.68. The SMILES string of the molecule is CCCCC(=O)N1CCN(c2cc(Oc3ccc(F)cc3Cl)ncn2)C[C@@H]1C. The molecule has 0 N–H and O–H groups in total. The smallest absolute Gasteiger partial charge is 0.224 e. The van der Waals surface area contributed by atoms with Gasteiger partial charge in [0.2, 0.25) is 11.8 Å². The average molecular weight is 407 g/mol. The third-order valence-electron chi connectivity index (χ3n) is 4.75. The van der Waals surface area contributed by atoms with Crippen LogP contribution in [0.15, 0.2) is 30.6 Å². The second kappa shape index (κ2) is 9.19. The van der Waals surface area contributed by atoms with Crippen molar-refractivity contribution in [1.29, 1.82) is 0 Å². The first-order valence-corrected chi connectivity index (χ1v) is 9.85. The molecule has 0 radical (unpaired) electrons. The Bertz CT molecular complexity index is 836. The third-order valence-corrected chi connectivity index (χ3v) is 5.05. The number of carbonyl (C=O) groups is 1. The van der Waals surface area contributed by atoms with Crippen LogP contribution >= 0.6 is 11.6 Å². The molecule has 0 saturated carbocycles. The molecule has 1 amide bonds. The molecular weight excluding hydrogens is 383 g/mol. The predicted octanol–water partition coefficient (Wildman–Crippen LogP) is 4.29. The van der Waals surface area contributed by atoms with E-state index in [1.165, 1.54) is 24.5 Å². The number of unbranched alkanes of at least 4 members (excludes halogenated alkanes) is 1. The van der Waals surface area contributed by atoms with Crippen molar-refractivity contribution >= 4 is 23.3 Å². The molecule has 0 bridgehead atoms. The van der Waals surface area contributed by atoms with Gasteiger partial charge in [-0.25, -0.2) is 14.4 Å². The van der Waals surface area contributed by atoms with Gasteiger partial charge in [0.05, 0.1) is 5.02 Å². The summed E-state index contributed by atoms with van der Waals surface area (Å²) in [6.45, 7) is 6.17. The maximum absolute atomic E-state index is 13.2. The highest BCUT2D eigenvalue weighted by Gasteiger charge is 2.27. The highest BCUT2D eigenvalue weighted by molar-refractivity contribution is 6.32. The van der Waals surface area contributed by atoms with E-state index in [9.17, 15) is 9.18 Å². The van der Waals surface area contributed by atoms with Gasteiger partial charge in [-0.15, -0.1) is 0 Å². The van der Waals surface area contributed by atoms with E-state index in [4.69, 9.17) is 16.3 Å². The zero-order valence-corrected chi connectivity index (χ0v) is 16.8. The van der Waals surface area contributed by atoms with Crippen LogP contribution in [0.2, 0.25) is 5.02 Å². The van der Waals surface area contributed by atoms with Crippen molar-refractivity contribution in [3.8, 4) is 11.6 Å². The van der Waals surface area contributed by atoms with E-state index in [2.05, 4.69) is 21.8 Å². The molecule has 1 fully saturated rings. The Hall–Kier alpha value is -2.41. The van der Waals surface area contributed by atoms with Crippen molar-refractivity contribution < 1.29 is 13.9 Å². The van der Waals surface area contributed by atoms with Gasteiger partial charge in [-0.1, -0.05) is 24.9 Å². The number of ether oxygens (including phenoxy) is 1. The minimum Gasteiger partial charge on any atom is -0.437 e. The van der Waals surface area contributed by atoms with Gasteiger partial charge in [0.15, 0.2) is 0 Å². The van der Waals surface area contributed by atoms with Crippen LogP contribution in [0, 0.1) is 5.82 Å². The zero-order chi connectivity index (χ0) is 20.1. The summed E-state index contributed by atoms with van der Waals surface area (Å²) in [4.78, 5) is 24.8. The molecule has 1 aromatic heterocycles. The summed E-state index contributed by atoms with van der Waals surface area (Å²) < 4.78 is 18.9. The van der Waals surface area contributed by atoms with Crippen LogP contribution in [-0.2, 0) is 4.79 Å². The molecule has 0 unspecified atom stereocenters. The number of rotatable bonds is 6. The summed E-state index contributed by atoms with van der Waals surface area (Å²) in [6.07, 6.45) is 3.96. The molecule has 2 heterocycles. The summed E-state index contributed by atoms with van der Waals surface area (Å²) in [6, 6.07) is 5.75. The van der Waals surface area contributed by atoms with Crippen molar-refractivity contribution in [2.24, 2.45) is 0 Å². The summed E-state index contributed by atoms with van der Waals surface area (Å²) in [5.41, 5.74) is 0. The Morgan fingerprint density at radius 1 is 1.32 bits per heavy atom. The van der Waals surface area contributed by atoms with Gasteiger partial charge in [0.1, 0.15) is 23.7 Å². The van der Waals surface area contributed by atoms with Crippen molar-refractivity contribution in [3.05, 3.63) is 41.4 Å². The summed E-state index contributed by atoms with van der Waals surface area (Å²) in [5.74, 6) is 1.16. The fraction of sp³-hybridized carbons (Fsp3) is 0.450. The van der Waals surface area contributed by atoms with Gasteiger partial charge in [-0.05, 0) is 31.5 Å². The van der Waals surface area contributed by atoms with Crippen molar-refractivity contribution in [1.82, 2.24) is 14.9 Å². The summed E-state index contributed by atoms with van der Waals surface area (Å²) >= 11 is 6.01. The number of piperazine rings is 1. The first kappa shape index (κ1) is 20.3. The number of aromatic nitrogens is 2. The minimum absolute atomic E-state index is 0.101. The van der Waals surface area contributed by atoms with E-state index in [1.54, 1.807) is 6.07 Å². The van der Waals surface area contributed by atoms with Gasteiger partial charge < -0.3 is 14.5 Å². The van der Waals surface area contributed by atoms with Gasteiger partial charge in [-0.3, -0.25) is 4.79 Å². The largest absolute Gasteiger partial charge is 0.437 e. The Morgan fingerprint density at radius 3 is 2.86 bits per heavy atom. The molecular formula is C20H24ClFN4O2. The van der Waals surface area contributed by atoms with E-state index in [0.717, 1.165) is 18.7 Å². The van der Waals surface area contributed by atoms with Crippen LogP contribution in [0.25, 0.3) is 0 Å². The second-order valence-electron chi connectivity index (χ2n) is 6.88. The van der Waals surface area contributed by atoms with Crippen molar-refractivity contribution in [2.75, 3.05) is 24.5 Å². The molecule has 1 atom stereocenters. The molecule has 1 aromatic carbocycles. The van der Waals surface area contributed by atoms with E-state index < -0.39 is 5.82 Å². The van der Waals surface area contributed by atoms with E-state index in [-0.39, 0.29) is 17.0 Å². The number of hydrogen-bond acceptors (Lipinski definition) is 5. The maximum atomic E-state index is 13.2. The van der Waals surface area contributed by atoms with E-state index in [0.29, 0.717) is 37.7 Å². The molecule has 1 aliphatic rings. The summed E-state index contributed by atoms with van der Waals surface area (Å²) in [5, 5.41) is 0.174. The fourth-order valence-corrected chi connectivity index (χ4v) is 3.44. The van der Waals surface area contributed by atoms with E-state index in [1.807, 2.05) is 11.8 Å². The third kappa shape index (κ3) is 4.90. The Balaban J connectivity index is 1.67. The van der Waals surface area contributed by atoms with Gasteiger partial charge in [-0.2, -0.15) is 0 Å². The highest BCUT2D eigenvalue weighted by Crippen LogP contribution is 2.30. The maximum Gasteiger partial charge on any atom is 0.224 e. The molecule has 8 heteroatoms. The van der Waals surface area contributed by atoms with Crippen LogP contribution in [0.4, 0.5) is 10.2 Å². The lowest BCUT2D eigenvalue weighted by Gasteiger charge is -2.40. The standard InChI is InChI=1S/C20H24ClFN4O2/c1-3-4-5-20(27)26-9-8-25(12-14(26)2)18-11-19(24-13-23-18)28-17-7-6-15(22)10-16(17)21/h6-7,10-11,13-14H,3-5,8-9,12H2,1-2H3/t14-/m0/s1. The monoisotopic (exact) mass is 406 g/mol.